The number of hydrogen-bond donors (Lipinski definition) is 11. The van der Waals surface area contributed by atoms with Crippen molar-refractivity contribution in [3.63, 3.8) is 0 Å². The minimum absolute atomic E-state index is 0.00717. The molecule has 36 nitrogen and oxygen atoms in total. The van der Waals surface area contributed by atoms with Gasteiger partial charge < -0.3 is 97.9 Å². The number of likely N-dealkylation sites (tertiary alicyclic amines) is 1. The lowest BCUT2D eigenvalue weighted by Gasteiger charge is -2.36. The van der Waals surface area contributed by atoms with E-state index >= 15 is 24.0 Å². The minimum Gasteiger partial charge on any atom is -0.497 e. The highest BCUT2D eigenvalue weighted by Crippen LogP contribution is 2.29. The Bertz CT molecular complexity index is 3640. The zero-order chi connectivity index (χ0) is 88.7. The number of carbonyl (C=O) groups excluding carboxylic acids is 17. The van der Waals surface area contributed by atoms with Gasteiger partial charge in [-0.05, 0) is 126 Å². The smallest absolute Gasteiger partial charge is 0.329 e. The molecule has 0 bridgehead atoms. The van der Waals surface area contributed by atoms with Crippen molar-refractivity contribution in [1.29, 1.82) is 0 Å². The van der Waals surface area contributed by atoms with Crippen LogP contribution in [-0.2, 0) is 102 Å². The van der Waals surface area contributed by atoms with Gasteiger partial charge in [0.1, 0.15) is 66.2 Å². The van der Waals surface area contributed by atoms with Crippen LogP contribution in [0.2, 0.25) is 0 Å². The first-order valence-electron chi connectivity index (χ1n) is 41.4. The lowest BCUT2D eigenvalue weighted by molar-refractivity contribution is -0.163. The Morgan fingerprint density at radius 1 is 0.695 bits per heavy atom. The highest BCUT2D eigenvalue weighted by Gasteiger charge is 2.47. The molecule has 1 aromatic carbocycles. The van der Waals surface area contributed by atoms with E-state index in [1.54, 1.807) is 65.8 Å². The van der Waals surface area contributed by atoms with Gasteiger partial charge in [0.2, 0.25) is 70.9 Å². The van der Waals surface area contributed by atoms with Gasteiger partial charge in [0.25, 0.3) is 5.91 Å². The van der Waals surface area contributed by atoms with Crippen LogP contribution in [0.25, 0.3) is 0 Å². The van der Waals surface area contributed by atoms with E-state index in [1.807, 2.05) is 20.8 Å². The molecule has 3 aliphatic rings. The first-order valence-corrected chi connectivity index (χ1v) is 41.4. The molecule has 36 heteroatoms. The molecule has 4 rings (SSSR count). The van der Waals surface area contributed by atoms with Gasteiger partial charge in [0.15, 0.2) is 18.0 Å². The Labute approximate surface area is 691 Å². The van der Waals surface area contributed by atoms with Crippen LogP contribution in [0.3, 0.4) is 0 Å². The Kier molecular flexibility index (Phi) is 41.6. The summed E-state index contributed by atoms with van der Waals surface area (Å²) in [6.45, 7) is 19.4. The summed E-state index contributed by atoms with van der Waals surface area (Å²) < 4.78 is 23.0. The summed E-state index contributed by atoms with van der Waals surface area (Å²) in [5.41, 5.74) is 16.8. The summed E-state index contributed by atoms with van der Waals surface area (Å²) in [6, 6.07) is -8.51. The van der Waals surface area contributed by atoms with Gasteiger partial charge in [-0.2, -0.15) is 0 Å². The van der Waals surface area contributed by atoms with Gasteiger partial charge in [0.05, 0.1) is 44.1 Å². The van der Waals surface area contributed by atoms with Crippen LogP contribution in [0.4, 0.5) is 0 Å². The molecule has 0 spiro atoms. The lowest BCUT2D eigenvalue weighted by atomic mass is 9.91. The SMILES string of the molecule is CCCCCCCC(O)CC(=O)NC(CCC(N)=O)C(=O)NC(CCC(N)=O)C(=O)NC(CCC(N)=O)C(=O)OC(C)C(=O)N1CCCC1C(=O)N(C)C(CC(C)C)C(=O)NC1C(=O)NC(C(C)CC)C(O)CC(=O)OC(C(C)C)C(=O)C(C)C(=O)NC(CC(C)C)C(=O)N2CCCC2C(=O)N(C)C(Cc2ccc(OC)cc2)C(=O)OC1C. The third-order valence-electron chi connectivity index (χ3n) is 21.8. The zero-order valence-corrected chi connectivity index (χ0v) is 71.3. The van der Waals surface area contributed by atoms with Gasteiger partial charge in [-0.25, -0.2) is 9.59 Å². The molecule has 13 amide bonds. The number of rotatable bonds is 39. The first-order chi connectivity index (χ1) is 55.5. The molecule has 0 aromatic heterocycles. The fraction of sp³-hybridized carbons (Fsp3) is 0.720. The van der Waals surface area contributed by atoms with E-state index in [1.165, 1.54) is 46.9 Å². The van der Waals surface area contributed by atoms with Crippen LogP contribution >= 0.6 is 0 Å². The molecule has 3 saturated heterocycles. The molecule has 17 unspecified atom stereocenters. The Morgan fingerprint density at radius 3 is 1.83 bits per heavy atom. The van der Waals surface area contributed by atoms with Crippen molar-refractivity contribution in [3.8, 4) is 5.75 Å². The number of fused-ring (bicyclic) bond motifs is 1. The topological polar surface area (TPSA) is 531 Å². The maximum absolute atomic E-state index is 15.4. The van der Waals surface area contributed by atoms with Gasteiger partial charge in [-0.3, -0.25) is 71.9 Å². The third-order valence-corrected chi connectivity index (χ3v) is 21.8. The van der Waals surface area contributed by atoms with Crippen LogP contribution in [-0.4, -0.2) is 256 Å². The van der Waals surface area contributed by atoms with E-state index in [9.17, 15) is 67.7 Å². The molecule has 14 N–H and O–H groups in total. The summed E-state index contributed by atoms with van der Waals surface area (Å²) >= 11 is 0. The maximum Gasteiger partial charge on any atom is 0.329 e. The van der Waals surface area contributed by atoms with Crippen LogP contribution in [0.5, 0.6) is 5.75 Å². The monoisotopic (exact) mass is 1670 g/mol. The normalized spacial score (nSPS) is 23.2. The number of cyclic esters (lactones) is 2. The molecule has 0 aliphatic carbocycles. The number of primary amides is 3. The molecule has 118 heavy (non-hydrogen) atoms. The second kappa shape index (κ2) is 48.9. The number of esters is 3. The van der Waals surface area contributed by atoms with Gasteiger partial charge in [-0.15, -0.1) is 0 Å². The fourth-order valence-electron chi connectivity index (χ4n) is 14.6. The highest BCUT2D eigenvalue weighted by molar-refractivity contribution is 6.05. The molecule has 3 aliphatic heterocycles. The Morgan fingerprint density at radius 2 is 1.27 bits per heavy atom. The predicted molar refractivity (Wildman–Crippen MR) is 429 cm³/mol. The predicted octanol–water partition coefficient (Wildman–Crippen LogP) is 1.23. The number of Topliss-reactive ketones (excluding diaryl/α,β-unsaturated/α-hetero) is 1. The lowest BCUT2D eigenvalue weighted by Crippen LogP contribution is -2.62. The standard InChI is InChI=1S/C82H131N13O23/c1-16-18-19-20-21-24-52(96)42-66(101)86-54(31-34-63(83)98)73(105)87-55(32-35-64(84)99)74(106)88-56(33-36-65(85)100)81(113)117-50(12)77(109)94-37-22-25-58(94)79(111)92(13)60(40-45(5)6)75(107)91-69-49(11)116-82(114)61(41-51-27-29-53(115-15)30-28-51)93(14)80(112)59-26-23-38-95(59)78(110)57(39-44(3)4)89-72(104)48(10)70(103)71(46(7)8)118-67(102)43-62(97)68(47(9)17-2)90-76(69)108/h27-30,44-50,52,54-62,68-69,71,96-97H,16-26,31-43H2,1-15H3,(H2,83,98)(H2,84,99)(H2,85,100)(H,86,101)(H,87,105)(H,88,106)(H,89,104)(H,90,108)(H,91,107). The fourth-order valence-corrected chi connectivity index (χ4v) is 14.6. The molecular weight excluding hydrogens is 1530 g/mol. The number of nitrogens with zero attached hydrogens (tertiary/aromatic N) is 4. The Balaban J connectivity index is 1.75. The Hall–Kier alpha value is -9.87. The number of nitrogens with one attached hydrogen (secondary N) is 6. The van der Waals surface area contributed by atoms with Crippen molar-refractivity contribution in [2.24, 2.45) is 46.8 Å². The number of benzene rings is 1. The van der Waals surface area contributed by atoms with E-state index in [0.29, 0.717) is 30.6 Å². The minimum atomic E-state index is -1.93. The number of hydrogen-bond acceptors (Lipinski definition) is 23. The van der Waals surface area contributed by atoms with Gasteiger partial charge in [-0.1, -0.05) is 113 Å². The van der Waals surface area contributed by atoms with E-state index in [-0.39, 0.29) is 70.4 Å². The quantitative estimate of drug-likeness (QED) is 0.0191. The van der Waals surface area contributed by atoms with E-state index in [2.05, 4.69) is 31.9 Å². The molecule has 662 valence electrons. The van der Waals surface area contributed by atoms with Crippen LogP contribution in [0, 0.1) is 29.6 Å². The summed E-state index contributed by atoms with van der Waals surface area (Å²) in [6.07, 6.45) is -6.53. The number of aliphatic hydroxyl groups is 2. The first kappa shape index (κ1) is 100. The van der Waals surface area contributed by atoms with Crippen molar-refractivity contribution in [3.05, 3.63) is 29.8 Å². The summed E-state index contributed by atoms with van der Waals surface area (Å²) in [5.74, 6) is -19.0. The average Bonchev–Trinajstić information content (AvgIpc) is 1.61. The van der Waals surface area contributed by atoms with E-state index in [0.717, 1.165) is 40.4 Å². The number of carbonyl (C=O) groups is 17. The van der Waals surface area contributed by atoms with Crippen LogP contribution < -0.4 is 53.8 Å². The molecule has 3 heterocycles. The number of likely N-dealkylation sites (N-methyl/N-ethyl adjacent to an activating group) is 2. The number of aliphatic hydroxyl groups excluding tert-OH is 2. The summed E-state index contributed by atoms with van der Waals surface area (Å²) in [5, 5.41) is 38.1. The van der Waals surface area contributed by atoms with E-state index < -0.39 is 260 Å². The van der Waals surface area contributed by atoms with Crippen LogP contribution in [0.15, 0.2) is 24.3 Å². The molecule has 0 radical (unpaired) electrons. The maximum atomic E-state index is 15.4. The highest BCUT2D eigenvalue weighted by atomic mass is 16.6. The largest absolute Gasteiger partial charge is 0.497 e. The summed E-state index contributed by atoms with van der Waals surface area (Å²) in [7, 11) is 4.09. The number of amides is 13. The second-order valence-electron chi connectivity index (χ2n) is 32.7. The zero-order valence-electron chi connectivity index (χ0n) is 71.3. The second-order valence-corrected chi connectivity index (χ2v) is 32.7. The van der Waals surface area contributed by atoms with Gasteiger partial charge in [0, 0.05) is 52.9 Å². The number of unbranched alkanes of at least 4 members (excludes halogenated alkanes) is 4. The van der Waals surface area contributed by atoms with Crippen molar-refractivity contribution in [2.75, 3.05) is 34.3 Å². The van der Waals surface area contributed by atoms with Crippen molar-refractivity contribution in [1.82, 2.24) is 51.5 Å². The average molecular weight is 1670 g/mol. The molecule has 0 saturated carbocycles. The van der Waals surface area contributed by atoms with Gasteiger partial charge >= 0.3 is 17.9 Å². The molecule has 17 atom stereocenters. The number of ether oxygens (including phenoxy) is 4. The molecule has 1 aromatic rings. The van der Waals surface area contributed by atoms with Crippen LogP contribution in [0.1, 0.15) is 223 Å². The van der Waals surface area contributed by atoms with Crippen molar-refractivity contribution < 1.29 is 111 Å². The molecular formula is C82H131N13O23. The van der Waals surface area contributed by atoms with E-state index in [4.69, 9.17) is 36.1 Å². The third kappa shape index (κ3) is 31.1. The van der Waals surface area contributed by atoms with Crippen molar-refractivity contribution >= 4 is 100 Å². The number of methoxy groups -OCH3 is 1. The molecule has 3 fully saturated rings. The van der Waals surface area contributed by atoms with Crippen molar-refractivity contribution in [2.45, 2.75) is 315 Å². The number of ketones is 1. The summed E-state index contributed by atoms with van der Waals surface area (Å²) in [4.78, 5) is 245. The number of nitrogens with two attached hydrogens (primary N) is 3.